The van der Waals surface area contributed by atoms with Crippen molar-refractivity contribution < 1.29 is 4.74 Å². The standard InChI is InChI=1S/C14H24N4O/c1-3-7-15-10-12-5-6-14(17-16-12)18-8-9-19-11-13(18)4-2/h5-6,13,15H,3-4,7-11H2,1-2H3. The van der Waals surface area contributed by atoms with E-state index in [0.717, 1.165) is 57.2 Å². The Kier molecular flexibility index (Phi) is 5.54. The third-order valence-corrected chi connectivity index (χ3v) is 3.43. The molecule has 1 atom stereocenters. The molecule has 5 nitrogen and oxygen atoms in total. The van der Waals surface area contributed by atoms with Gasteiger partial charge in [0.2, 0.25) is 0 Å². The molecule has 2 rings (SSSR count). The molecule has 5 heteroatoms. The molecular formula is C14H24N4O. The van der Waals surface area contributed by atoms with Gasteiger partial charge >= 0.3 is 0 Å². The minimum atomic E-state index is 0.423. The smallest absolute Gasteiger partial charge is 0.151 e. The molecule has 1 N–H and O–H groups in total. The zero-order chi connectivity index (χ0) is 13.5. The second-order valence-electron chi connectivity index (χ2n) is 4.89. The van der Waals surface area contributed by atoms with E-state index in [0.29, 0.717) is 6.04 Å². The molecule has 0 radical (unpaired) electrons. The predicted octanol–water partition coefficient (Wildman–Crippen LogP) is 1.59. The summed E-state index contributed by atoms with van der Waals surface area (Å²) in [6, 6.07) is 4.56. The lowest BCUT2D eigenvalue weighted by molar-refractivity contribution is 0.0924. The number of rotatable bonds is 6. The molecule has 1 unspecified atom stereocenters. The number of ether oxygens (including phenoxy) is 1. The van der Waals surface area contributed by atoms with E-state index in [-0.39, 0.29) is 0 Å². The van der Waals surface area contributed by atoms with E-state index in [9.17, 15) is 0 Å². The first-order valence-electron chi connectivity index (χ1n) is 7.22. The van der Waals surface area contributed by atoms with E-state index in [1.165, 1.54) is 0 Å². The van der Waals surface area contributed by atoms with E-state index in [4.69, 9.17) is 4.74 Å². The molecule has 1 aromatic rings. The third-order valence-electron chi connectivity index (χ3n) is 3.43. The average Bonchev–Trinajstić information content (AvgIpc) is 2.48. The lowest BCUT2D eigenvalue weighted by Crippen LogP contribution is -2.45. The Labute approximate surface area is 115 Å². The number of hydrogen-bond donors (Lipinski definition) is 1. The van der Waals surface area contributed by atoms with E-state index < -0.39 is 0 Å². The molecule has 0 bridgehead atoms. The number of aromatic nitrogens is 2. The highest BCUT2D eigenvalue weighted by Crippen LogP contribution is 2.18. The summed E-state index contributed by atoms with van der Waals surface area (Å²) in [5.41, 5.74) is 0.999. The second kappa shape index (κ2) is 7.40. The van der Waals surface area contributed by atoms with Crippen LogP contribution in [0, 0.1) is 0 Å². The Balaban J connectivity index is 1.96. The summed E-state index contributed by atoms with van der Waals surface area (Å²) in [6.45, 7) is 8.62. The van der Waals surface area contributed by atoms with E-state index in [1.54, 1.807) is 0 Å². The van der Waals surface area contributed by atoms with Crippen LogP contribution in [0.15, 0.2) is 12.1 Å². The normalized spacial score (nSPS) is 19.7. The quantitative estimate of drug-likeness (QED) is 0.791. The summed E-state index contributed by atoms with van der Waals surface area (Å²) in [5.74, 6) is 0.967. The first-order valence-corrected chi connectivity index (χ1v) is 7.22. The minimum absolute atomic E-state index is 0.423. The van der Waals surface area contributed by atoms with Gasteiger partial charge in [-0.1, -0.05) is 13.8 Å². The zero-order valence-electron chi connectivity index (χ0n) is 11.9. The van der Waals surface area contributed by atoms with Crippen LogP contribution in [0.2, 0.25) is 0 Å². The van der Waals surface area contributed by atoms with Crippen molar-refractivity contribution in [1.82, 2.24) is 15.5 Å². The summed E-state index contributed by atoms with van der Waals surface area (Å²) in [4.78, 5) is 2.31. The molecule has 0 spiro atoms. The summed E-state index contributed by atoms with van der Waals surface area (Å²) >= 11 is 0. The van der Waals surface area contributed by atoms with Crippen LogP contribution in [0.5, 0.6) is 0 Å². The van der Waals surface area contributed by atoms with Gasteiger partial charge in [0.25, 0.3) is 0 Å². The van der Waals surface area contributed by atoms with Gasteiger partial charge in [-0.05, 0) is 31.5 Å². The highest BCUT2D eigenvalue weighted by atomic mass is 16.5. The topological polar surface area (TPSA) is 50.3 Å². The van der Waals surface area contributed by atoms with Gasteiger partial charge in [0.05, 0.1) is 24.9 Å². The van der Waals surface area contributed by atoms with Gasteiger partial charge in [0, 0.05) is 13.1 Å². The highest BCUT2D eigenvalue weighted by molar-refractivity contribution is 5.39. The van der Waals surface area contributed by atoms with Gasteiger partial charge in [0.15, 0.2) is 5.82 Å². The first-order chi connectivity index (χ1) is 9.35. The van der Waals surface area contributed by atoms with Crippen LogP contribution in [0.25, 0.3) is 0 Å². The van der Waals surface area contributed by atoms with Gasteiger partial charge in [-0.25, -0.2) is 0 Å². The van der Waals surface area contributed by atoms with Crippen molar-refractivity contribution in [3.05, 3.63) is 17.8 Å². The fourth-order valence-corrected chi connectivity index (χ4v) is 2.29. The molecular weight excluding hydrogens is 240 g/mol. The van der Waals surface area contributed by atoms with Crippen LogP contribution in [0.4, 0.5) is 5.82 Å². The molecule has 0 saturated carbocycles. The molecule has 2 heterocycles. The van der Waals surface area contributed by atoms with Crippen LogP contribution in [0.3, 0.4) is 0 Å². The molecule has 1 saturated heterocycles. The summed E-state index contributed by atoms with van der Waals surface area (Å²) in [5, 5.41) is 12.0. The molecule has 0 aromatic carbocycles. The average molecular weight is 264 g/mol. The zero-order valence-corrected chi connectivity index (χ0v) is 11.9. The van der Waals surface area contributed by atoms with Gasteiger partial charge < -0.3 is 15.0 Å². The summed E-state index contributed by atoms with van der Waals surface area (Å²) < 4.78 is 5.51. The van der Waals surface area contributed by atoms with E-state index in [1.807, 2.05) is 0 Å². The Morgan fingerprint density at radius 1 is 1.37 bits per heavy atom. The number of nitrogens with one attached hydrogen (secondary N) is 1. The minimum Gasteiger partial charge on any atom is -0.377 e. The van der Waals surface area contributed by atoms with Gasteiger partial charge in [0.1, 0.15) is 0 Å². The Bertz CT molecular complexity index is 368. The molecule has 1 aliphatic rings. The fourth-order valence-electron chi connectivity index (χ4n) is 2.29. The highest BCUT2D eigenvalue weighted by Gasteiger charge is 2.22. The van der Waals surface area contributed by atoms with Crippen LogP contribution < -0.4 is 10.2 Å². The summed E-state index contributed by atoms with van der Waals surface area (Å²) in [6.07, 6.45) is 2.21. The van der Waals surface area contributed by atoms with Crippen molar-refractivity contribution in [2.24, 2.45) is 0 Å². The van der Waals surface area contributed by atoms with Crippen molar-refractivity contribution >= 4 is 5.82 Å². The Morgan fingerprint density at radius 2 is 2.26 bits per heavy atom. The van der Waals surface area contributed by atoms with Gasteiger partial charge in [-0.15, -0.1) is 5.10 Å². The fraction of sp³-hybridized carbons (Fsp3) is 0.714. The van der Waals surface area contributed by atoms with Gasteiger partial charge in [-0.3, -0.25) is 0 Å². The van der Waals surface area contributed by atoms with Crippen LogP contribution in [-0.2, 0) is 11.3 Å². The van der Waals surface area contributed by atoms with Crippen LogP contribution in [0.1, 0.15) is 32.4 Å². The molecule has 1 aromatic heterocycles. The largest absolute Gasteiger partial charge is 0.377 e. The Morgan fingerprint density at radius 3 is 2.95 bits per heavy atom. The summed E-state index contributed by atoms with van der Waals surface area (Å²) in [7, 11) is 0. The maximum absolute atomic E-state index is 5.51. The predicted molar refractivity (Wildman–Crippen MR) is 76.3 cm³/mol. The molecule has 1 fully saturated rings. The molecule has 19 heavy (non-hydrogen) atoms. The molecule has 106 valence electrons. The van der Waals surface area contributed by atoms with E-state index >= 15 is 0 Å². The van der Waals surface area contributed by atoms with Crippen molar-refractivity contribution in [3.63, 3.8) is 0 Å². The van der Waals surface area contributed by atoms with Crippen molar-refractivity contribution in [2.45, 2.75) is 39.3 Å². The first kappa shape index (κ1) is 14.2. The SMILES string of the molecule is CCCNCc1ccc(N2CCOCC2CC)nn1. The van der Waals surface area contributed by atoms with Crippen LogP contribution >= 0.6 is 0 Å². The molecule has 0 aliphatic carbocycles. The van der Waals surface area contributed by atoms with Gasteiger partial charge in [-0.2, -0.15) is 5.10 Å². The number of hydrogen-bond acceptors (Lipinski definition) is 5. The maximum Gasteiger partial charge on any atom is 0.151 e. The van der Waals surface area contributed by atoms with Crippen LogP contribution in [-0.4, -0.2) is 42.5 Å². The van der Waals surface area contributed by atoms with Crippen molar-refractivity contribution in [3.8, 4) is 0 Å². The third kappa shape index (κ3) is 3.88. The molecule has 1 aliphatic heterocycles. The lowest BCUT2D eigenvalue weighted by Gasteiger charge is -2.35. The monoisotopic (exact) mass is 264 g/mol. The Hall–Kier alpha value is -1.20. The number of nitrogens with zero attached hydrogens (tertiary/aromatic N) is 3. The van der Waals surface area contributed by atoms with E-state index in [2.05, 4.69) is 46.4 Å². The van der Waals surface area contributed by atoms with Crippen molar-refractivity contribution in [1.29, 1.82) is 0 Å². The maximum atomic E-state index is 5.51. The lowest BCUT2D eigenvalue weighted by atomic mass is 10.2. The van der Waals surface area contributed by atoms with Crippen molar-refractivity contribution in [2.75, 3.05) is 31.2 Å². The molecule has 0 amide bonds. The number of anilines is 1. The second-order valence-corrected chi connectivity index (χ2v) is 4.89. The number of morpholine rings is 1.